The molecule has 0 aliphatic carbocycles. The molecular weight excluding hydrogens is 213 g/mol. The van der Waals surface area contributed by atoms with Gasteiger partial charge in [0.15, 0.2) is 0 Å². The number of rotatable bonds is 3. The van der Waals surface area contributed by atoms with Crippen molar-refractivity contribution in [3.05, 3.63) is 0 Å². The van der Waals surface area contributed by atoms with Crippen molar-refractivity contribution >= 4 is 28.3 Å². The molecule has 1 saturated heterocycles. The van der Waals surface area contributed by atoms with E-state index in [4.69, 9.17) is 0 Å². The molecule has 0 amide bonds. The maximum absolute atomic E-state index is 3.43. The van der Waals surface area contributed by atoms with Crippen molar-refractivity contribution in [3.8, 4) is 0 Å². The Labute approximate surface area is 77.7 Å². The smallest absolute Gasteiger partial charge is 0.00434 e. The van der Waals surface area contributed by atoms with E-state index >= 15 is 0 Å². The zero-order chi connectivity index (χ0) is 6.53. The van der Waals surface area contributed by atoms with Gasteiger partial charge in [0, 0.05) is 5.33 Å². The molecule has 0 atom stereocenters. The average molecular weight is 229 g/mol. The summed E-state index contributed by atoms with van der Waals surface area (Å²) < 4.78 is 0. The molecule has 0 spiro atoms. The topological polar surface area (TPSA) is 3.24 Å². The van der Waals surface area contributed by atoms with Crippen LogP contribution in [-0.2, 0) is 0 Å². The fourth-order valence-corrected chi connectivity index (χ4v) is 1.54. The lowest BCUT2D eigenvalue weighted by atomic mass is 10.4. The van der Waals surface area contributed by atoms with Crippen molar-refractivity contribution in [2.24, 2.45) is 0 Å². The third kappa shape index (κ3) is 3.79. The number of hydrogen-bond acceptors (Lipinski definition) is 1. The molecule has 0 aromatic heterocycles. The summed E-state index contributed by atoms with van der Waals surface area (Å²) in [5.41, 5.74) is 0. The predicted molar refractivity (Wildman–Crippen MR) is 51.3 cm³/mol. The highest BCUT2D eigenvalue weighted by Crippen LogP contribution is 2.07. The molecule has 0 bridgehead atoms. The molecule has 1 nitrogen and oxygen atoms in total. The first-order valence-corrected chi connectivity index (χ1v) is 4.84. The van der Waals surface area contributed by atoms with Crippen LogP contribution in [-0.4, -0.2) is 29.9 Å². The highest BCUT2D eigenvalue weighted by Gasteiger charge is 2.09. The quantitative estimate of drug-likeness (QED) is 0.670. The van der Waals surface area contributed by atoms with Gasteiger partial charge in [0.05, 0.1) is 0 Å². The molecule has 0 aromatic rings. The Balaban J connectivity index is 0.000000810. The van der Waals surface area contributed by atoms with E-state index < -0.39 is 0 Å². The van der Waals surface area contributed by atoms with Crippen molar-refractivity contribution < 1.29 is 0 Å². The molecule has 1 heterocycles. The normalized spacial score (nSPS) is 18.9. The number of nitrogens with zero attached hydrogens (tertiary/aromatic N) is 1. The van der Waals surface area contributed by atoms with Crippen LogP contribution in [0.3, 0.4) is 0 Å². The van der Waals surface area contributed by atoms with Crippen molar-refractivity contribution in [2.75, 3.05) is 25.0 Å². The molecule has 0 saturated carbocycles. The van der Waals surface area contributed by atoms with Crippen LogP contribution >= 0.6 is 28.3 Å². The Kier molecular flexibility index (Phi) is 6.91. The average Bonchev–Trinajstić information content (AvgIpc) is 2.34. The number of alkyl halides is 1. The van der Waals surface area contributed by atoms with Crippen LogP contribution in [0.5, 0.6) is 0 Å². The van der Waals surface area contributed by atoms with Crippen LogP contribution in [0.15, 0.2) is 0 Å². The summed E-state index contributed by atoms with van der Waals surface area (Å²) in [5.74, 6) is 0. The minimum Gasteiger partial charge on any atom is -0.303 e. The van der Waals surface area contributed by atoms with Gasteiger partial charge in [-0.2, -0.15) is 0 Å². The van der Waals surface area contributed by atoms with E-state index in [0.29, 0.717) is 0 Å². The van der Waals surface area contributed by atoms with Gasteiger partial charge in [0.25, 0.3) is 0 Å². The highest BCUT2D eigenvalue weighted by atomic mass is 79.9. The Morgan fingerprint density at radius 1 is 1.20 bits per heavy atom. The zero-order valence-corrected chi connectivity index (χ0v) is 8.59. The minimum absolute atomic E-state index is 0. The highest BCUT2D eigenvalue weighted by molar-refractivity contribution is 9.09. The van der Waals surface area contributed by atoms with Gasteiger partial charge in [-0.05, 0) is 38.9 Å². The lowest BCUT2D eigenvalue weighted by Gasteiger charge is -2.12. The molecule has 0 N–H and O–H groups in total. The first-order chi connectivity index (χ1) is 4.43. The summed E-state index contributed by atoms with van der Waals surface area (Å²) in [5, 5.41) is 1.16. The van der Waals surface area contributed by atoms with Gasteiger partial charge in [-0.1, -0.05) is 15.9 Å². The standard InChI is InChI=1S/C7H14BrN.ClH/c8-4-3-7-9-5-1-2-6-9;/h1-7H2;1H. The summed E-state index contributed by atoms with van der Waals surface area (Å²) in [7, 11) is 0. The number of likely N-dealkylation sites (tertiary alicyclic amines) is 1. The van der Waals surface area contributed by atoms with Gasteiger partial charge in [0.1, 0.15) is 0 Å². The lowest BCUT2D eigenvalue weighted by molar-refractivity contribution is 0.341. The maximum atomic E-state index is 3.43. The summed E-state index contributed by atoms with van der Waals surface area (Å²) in [4.78, 5) is 2.54. The van der Waals surface area contributed by atoms with Gasteiger partial charge in [-0.3, -0.25) is 0 Å². The third-order valence-electron chi connectivity index (χ3n) is 1.81. The second-order valence-corrected chi connectivity index (χ2v) is 3.38. The fraction of sp³-hybridized carbons (Fsp3) is 1.00. The summed E-state index contributed by atoms with van der Waals surface area (Å²) >= 11 is 3.43. The lowest BCUT2D eigenvalue weighted by Crippen LogP contribution is -2.20. The van der Waals surface area contributed by atoms with Crippen LogP contribution in [0, 0.1) is 0 Å². The molecule has 1 aliphatic rings. The van der Waals surface area contributed by atoms with Crippen molar-refractivity contribution in [2.45, 2.75) is 19.3 Å². The SMILES string of the molecule is BrCCCN1CCCC1.Cl. The van der Waals surface area contributed by atoms with Crippen molar-refractivity contribution in [1.29, 1.82) is 0 Å². The molecule has 3 heteroatoms. The van der Waals surface area contributed by atoms with E-state index in [-0.39, 0.29) is 12.4 Å². The van der Waals surface area contributed by atoms with E-state index in [1.54, 1.807) is 0 Å². The molecule has 1 fully saturated rings. The Morgan fingerprint density at radius 3 is 2.30 bits per heavy atom. The molecule has 0 aromatic carbocycles. The van der Waals surface area contributed by atoms with E-state index in [1.165, 1.54) is 38.9 Å². The zero-order valence-electron chi connectivity index (χ0n) is 6.18. The van der Waals surface area contributed by atoms with Gasteiger partial charge >= 0.3 is 0 Å². The summed E-state index contributed by atoms with van der Waals surface area (Å²) in [6, 6.07) is 0. The van der Waals surface area contributed by atoms with E-state index in [1.807, 2.05) is 0 Å². The summed E-state index contributed by atoms with van der Waals surface area (Å²) in [6.45, 7) is 3.98. The minimum atomic E-state index is 0. The number of hydrogen-bond donors (Lipinski definition) is 0. The van der Waals surface area contributed by atoms with Gasteiger partial charge in [-0.25, -0.2) is 0 Å². The Bertz CT molecular complexity index is 74.0. The molecule has 1 aliphatic heterocycles. The maximum Gasteiger partial charge on any atom is 0.00434 e. The predicted octanol–water partition coefficient (Wildman–Crippen LogP) is 2.29. The van der Waals surface area contributed by atoms with Crippen molar-refractivity contribution in [3.63, 3.8) is 0 Å². The second kappa shape index (κ2) is 6.44. The van der Waals surface area contributed by atoms with Crippen LogP contribution in [0.2, 0.25) is 0 Å². The molecule has 1 rings (SSSR count). The van der Waals surface area contributed by atoms with Gasteiger partial charge < -0.3 is 4.90 Å². The first-order valence-electron chi connectivity index (χ1n) is 3.72. The molecule has 0 radical (unpaired) electrons. The Hall–Kier alpha value is 0.730. The van der Waals surface area contributed by atoms with E-state index in [2.05, 4.69) is 20.8 Å². The molecule has 10 heavy (non-hydrogen) atoms. The van der Waals surface area contributed by atoms with Crippen LogP contribution in [0.4, 0.5) is 0 Å². The van der Waals surface area contributed by atoms with Crippen LogP contribution < -0.4 is 0 Å². The van der Waals surface area contributed by atoms with Gasteiger partial charge in [0.2, 0.25) is 0 Å². The Morgan fingerprint density at radius 2 is 1.80 bits per heavy atom. The monoisotopic (exact) mass is 227 g/mol. The van der Waals surface area contributed by atoms with Crippen molar-refractivity contribution in [1.82, 2.24) is 4.90 Å². The molecule has 62 valence electrons. The van der Waals surface area contributed by atoms with Crippen LogP contribution in [0.1, 0.15) is 19.3 Å². The second-order valence-electron chi connectivity index (χ2n) is 2.59. The number of halogens is 2. The van der Waals surface area contributed by atoms with Crippen LogP contribution in [0.25, 0.3) is 0 Å². The molecular formula is C7H15BrClN. The molecule has 0 unspecified atom stereocenters. The van der Waals surface area contributed by atoms with Gasteiger partial charge in [-0.15, -0.1) is 12.4 Å². The van der Waals surface area contributed by atoms with E-state index in [0.717, 1.165) is 5.33 Å². The summed E-state index contributed by atoms with van der Waals surface area (Å²) in [6.07, 6.45) is 4.14. The van der Waals surface area contributed by atoms with E-state index in [9.17, 15) is 0 Å². The third-order valence-corrected chi connectivity index (χ3v) is 2.37. The fourth-order valence-electron chi connectivity index (χ4n) is 1.29. The largest absolute Gasteiger partial charge is 0.303 e. The first kappa shape index (κ1) is 10.7.